The van der Waals surface area contributed by atoms with Gasteiger partial charge >= 0.3 is 0 Å². The van der Waals surface area contributed by atoms with E-state index in [1.165, 1.54) is 16.4 Å². The van der Waals surface area contributed by atoms with Crippen LogP contribution < -0.4 is 4.72 Å². The van der Waals surface area contributed by atoms with Crippen LogP contribution in [0.2, 0.25) is 10.0 Å². The molecule has 0 spiro atoms. The second kappa shape index (κ2) is 8.67. The van der Waals surface area contributed by atoms with Gasteiger partial charge in [-0.1, -0.05) is 29.6 Å². The zero-order valence-corrected chi connectivity index (χ0v) is 18.6. The van der Waals surface area contributed by atoms with E-state index < -0.39 is 35.6 Å². The highest BCUT2D eigenvalue weighted by Gasteiger charge is 2.29. The lowest BCUT2D eigenvalue weighted by atomic mass is 10.2. The lowest BCUT2D eigenvalue weighted by Crippen LogP contribution is -2.35. The van der Waals surface area contributed by atoms with Gasteiger partial charge in [-0.15, -0.1) is 0 Å². The van der Waals surface area contributed by atoms with Gasteiger partial charge in [0.25, 0.3) is 15.7 Å². The van der Waals surface area contributed by atoms with Crippen molar-refractivity contribution in [3.05, 3.63) is 56.6 Å². The van der Waals surface area contributed by atoms with E-state index in [1.54, 1.807) is 0 Å². The molecule has 0 unspecified atom stereocenters. The lowest BCUT2D eigenvalue weighted by Gasteiger charge is -2.26. The van der Waals surface area contributed by atoms with Crippen molar-refractivity contribution in [3.8, 4) is 0 Å². The predicted molar refractivity (Wildman–Crippen MR) is 113 cm³/mol. The van der Waals surface area contributed by atoms with Crippen molar-refractivity contribution in [2.24, 2.45) is 0 Å². The third-order valence-corrected chi connectivity index (χ3v) is 8.62. The molecule has 2 aromatic rings. The summed E-state index contributed by atoms with van der Waals surface area (Å²) in [4.78, 5) is 9.61. The zero-order valence-electron chi connectivity index (χ0n) is 15.4. The van der Waals surface area contributed by atoms with Crippen molar-refractivity contribution in [1.29, 1.82) is 0 Å². The van der Waals surface area contributed by atoms with Crippen LogP contribution in [-0.2, 0) is 20.0 Å². The maximum Gasteiger partial charge on any atom is 0.289 e. The largest absolute Gasteiger partial charge is 0.289 e. The van der Waals surface area contributed by atoms with E-state index in [9.17, 15) is 26.9 Å². The predicted octanol–water partition coefficient (Wildman–Crippen LogP) is 3.88. The molecule has 30 heavy (non-hydrogen) atoms. The normalized spacial score (nSPS) is 15.7. The average Bonchev–Trinajstić information content (AvgIpc) is 2.69. The molecule has 0 bridgehead atoms. The molecule has 9 nitrogen and oxygen atoms in total. The molecule has 0 atom stereocenters. The first kappa shape index (κ1) is 22.8. The van der Waals surface area contributed by atoms with E-state index >= 15 is 0 Å². The van der Waals surface area contributed by atoms with E-state index in [0.29, 0.717) is 13.1 Å². The van der Waals surface area contributed by atoms with Crippen molar-refractivity contribution in [2.45, 2.75) is 29.1 Å². The quantitative estimate of drug-likeness (QED) is 0.480. The van der Waals surface area contributed by atoms with Gasteiger partial charge in [-0.25, -0.2) is 16.8 Å². The fourth-order valence-corrected chi connectivity index (χ4v) is 6.30. The molecule has 13 heteroatoms. The van der Waals surface area contributed by atoms with E-state index in [-0.39, 0.29) is 20.6 Å². The highest BCUT2D eigenvalue weighted by molar-refractivity contribution is 7.92. The van der Waals surface area contributed by atoms with Crippen LogP contribution in [0.5, 0.6) is 0 Å². The van der Waals surface area contributed by atoms with E-state index in [0.717, 1.165) is 43.5 Å². The fraction of sp³-hybridized carbons (Fsp3) is 0.294. The van der Waals surface area contributed by atoms with Crippen molar-refractivity contribution < 1.29 is 21.8 Å². The Morgan fingerprint density at radius 2 is 1.57 bits per heavy atom. The molecular formula is C17H17Cl2N3O6S2. The van der Waals surface area contributed by atoms with Gasteiger partial charge in [-0.05, 0) is 43.2 Å². The third-order valence-electron chi connectivity index (χ3n) is 4.54. The van der Waals surface area contributed by atoms with Crippen molar-refractivity contribution >= 4 is 54.6 Å². The first-order chi connectivity index (χ1) is 14.0. The minimum Gasteiger partial charge on any atom is -0.280 e. The first-order valence-corrected chi connectivity index (χ1v) is 12.5. The lowest BCUT2D eigenvalue weighted by molar-refractivity contribution is -0.384. The average molecular weight is 494 g/mol. The zero-order chi connectivity index (χ0) is 22.1. The fourth-order valence-electron chi connectivity index (χ4n) is 3.02. The molecule has 2 aromatic carbocycles. The summed E-state index contributed by atoms with van der Waals surface area (Å²) < 4.78 is 54.7. The number of nitro benzene ring substituents is 1. The van der Waals surface area contributed by atoms with Gasteiger partial charge in [0, 0.05) is 19.2 Å². The molecule has 1 saturated heterocycles. The Kier molecular flexibility index (Phi) is 6.58. The van der Waals surface area contributed by atoms with Gasteiger partial charge in [-0.3, -0.25) is 14.8 Å². The molecule has 1 heterocycles. The van der Waals surface area contributed by atoms with Gasteiger partial charge in [0.05, 0.1) is 20.5 Å². The Morgan fingerprint density at radius 1 is 0.933 bits per heavy atom. The summed E-state index contributed by atoms with van der Waals surface area (Å²) in [5.41, 5.74) is -0.614. The van der Waals surface area contributed by atoms with Crippen molar-refractivity contribution in [2.75, 3.05) is 17.8 Å². The maximum atomic E-state index is 12.9. The summed E-state index contributed by atoms with van der Waals surface area (Å²) >= 11 is 11.8. The molecule has 0 radical (unpaired) electrons. The molecule has 0 saturated carbocycles. The number of nitrogens with one attached hydrogen (secondary N) is 1. The summed E-state index contributed by atoms with van der Waals surface area (Å²) in [7, 11) is -8.15. The monoisotopic (exact) mass is 493 g/mol. The van der Waals surface area contributed by atoms with E-state index in [4.69, 9.17) is 23.2 Å². The van der Waals surface area contributed by atoms with Gasteiger partial charge in [0.1, 0.15) is 9.92 Å². The Hall–Kier alpha value is -1.92. The van der Waals surface area contributed by atoms with Crippen LogP contribution in [-0.4, -0.2) is 39.2 Å². The Bertz CT molecular complexity index is 1200. The SMILES string of the molecule is O=[N+]([O-])c1cc(S(=O)(=O)Nc2ccc(Cl)c(S(=O)(=O)N3CCCCC3)c2)ccc1Cl. The standard InChI is InChI=1S/C17H17Cl2N3O6S2/c18-14-7-5-13(11-16(14)22(23)24)29(25,26)20-12-4-6-15(19)17(10-12)30(27,28)21-8-2-1-3-9-21/h4-7,10-11,20H,1-3,8-9H2. The molecular weight excluding hydrogens is 477 g/mol. The second-order valence-corrected chi connectivity index (χ2v) is 11.0. The number of nitro groups is 1. The molecule has 1 aliphatic rings. The smallest absolute Gasteiger partial charge is 0.280 e. The number of rotatable bonds is 6. The molecule has 0 aliphatic carbocycles. The molecule has 0 amide bonds. The molecule has 3 rings (SSSR count). The molecule has 1 aliphatic heterocycles. The van der Waals surface area contributed by atoms with Gasteiger partial charge in [0.2, 0.25) is 10.0 Å². The summed E-state index contributed by atoms with van der Waals surface area (Å²) in [5, 5.41) is 10.8. The minimum absolute atomic E-state index is 0.0364. The Morgan fingerprint density at radius 3 is 2.20 bits per heavy atom. The summed E-state index contributed by atoms with van der Waals surface area (Å²) in [6.45, 7) is 0.728. The molecule has 162 valence electrons. The van der Waals surface area contributed by atoms with Crippen LogP contribution in [0.25, 0.3) is 0 Å². The first-order valence-electron chi connectivity index (χ1n) is 8.79. The summed E-state index contributed by atoms with van der Waals surface area (Å²) in [6, 6.07) is 6.75. The third kappa shape index (κ3) is 4.70. The highest BCUT2D eigenvalue weighted by Crippen LogP contribution is 2.31. The van der Waals surface area contributed by atoms with Gasteiger partial charge in [0.15, 0.2) is 0 Å². The van der Waals surface area contributed by atoms with Crippen LogP contribution >= 0.6 is 23.2 Å². The number of anilines is 1. The maximum absolute atomic E-state index is 12.9. The summed E-state index contributed by atoms with van der Waals surface area (Å²) in [6.07, 6.45) is 2.41. The van der Waals surface area contributed by atoms with Gasteiger partial charge in [-0.2, -0.15) is 4.31 Å². The van der Waals surface area contributed by atoms with Crippen molar-refractivity contribution in [1.82, 2.24) is 4.31 Å². The van der Waals surface area contributed by atoms with E-state index in [2.05, 4.69) is 4.72 Å². The number of piperidine rings is 1. The van der Waals surface area contributed by atoms with Crippen LogP contribution in [0.4, 0.5) is 11.4 Å². The van der Waals surface area contributed by atoms with Crippen molar-refractivity contribution in [3.63, 3.8) is 0 Å². The minimum atomic E-state index is -4.25. The van der Waals surface area contributed by atoms with Crippen LogP contribution in [0, 0.1) is 10.1 Å². The number of benzene rings is 2. The van der Waals surface area contributed by atoms with E-state index in [1.807, 2.05) is 0 Å². The number of sulfonamides is 2. The number of hydrogen-bond donors (Lipinski definition) is 1. The van der Waals surface area contributed by atoms with Gasteiger partial charge < -0.3 is 0 Å². The Labute approximate surface area is 183 Å². The molecule has 1 fully saturated rings. The van der Waals surface area contributed by atoms with Crippen LogP contribution in [0.15, 0.2) is 46.2 Å². The molecule has 1 N–H and O–H groups in total. The Balaban J connectivity index is 1.95. The number of hydrogen-bond acceptors (Lipinski definition) is 6. The number of nitrogens with zero attached hydrogens (tertiary/aromatic N) is 2. The molecule has 0 aromatic heterocycles. The highest BCUT2D eigenvalue weighted by atomic mass is 35.5. The topological polar surface area (TPSA) is 127 Å². The van der Waals surface area contributed by atoms with Crippen LogP contribution in [0.3, 0.4) is 0 Å². The van der Waals surface area contributed by atoms with Crippen LogP contribution in [0.1, 0.15) is 19.3 Å². The summed E-state index contributed by atoms with van der Waals surface area (Å²) in [5.74, 6) is 0. The second-order valence-electron chi connectivity index (χ2n) is 6.59. The number of halogens is 2.